The van der Waals surface area contributed by atoms with Crippen LogP contribution in [0.5, 0.6) is 0 Å². The lowest BCUT2D eigenvalue weighted by Gasteiger charge is -1.99. The molecule has 20 heavy (non-hydrogen) atoms. The quantitative estimate of drug-likeness (QED) is 0.522. The standard InChI is InChI=1S/C13H9NO6/c1-7(13(16)17)4-8-6-20-11-3-2-9(14(18)19)5-10(11)12(8)15/h2-6H,1H3,(H,16,17)/b7-4+. The van der Waals surface area contributed by atoms with Gasteiger partial charge >= 0.3 is 5.97 Å². The second-order valence-corrected chi connectivity index (χ2v) is 4.09. The van der Waals surface area contributed by atoms with E-state index >= 15 is 0 Å². The number of benzene rings is 1. The van der Waals surface area contributed by atoms with Crippen molar-refractivity contribution in [3.63, 3.8) is 0 Å². The van der Waals surface area contributed by atoms with Crippen molar-refractivity contribution in [3.05, 3.63) is 55.9 Å². The Hall–Kier alpha value is -2.96. The summed E-state index contributed by atoms with van der Waals surface area (Å²) in [6, 6.07) is 3.66. The van der Waals surface area contributed by atoms with Crippen molar-refractivity contribution in [2.24, 2.45) is 0 Å². The molecule has 1 aromatic carbocycles. The maximum absolute atomic E-state index is 12.1. The number of hydrogen-bond acceptors (Lipinski definition) is 5. The maximum atomic E-state index is 12.1. The molecule has 102 valence electrons. The van der Waals surface area contributed by atoms with E-state index in [1.807, 2.05) is 0 Å². The molecule has 2 aromatic rings. The van der Waals surface area contributed by atoms with E-state index in [-0.39, 0.29) is 27.8 Å². The van der Waals surface area contributed by atoms with Gasteiger partial charge in [0.15, 0.2) is 5.43 Å². The van der Waals surface area contributed by atoms with Crippen LogP contribution in [0.15, 0.2) is 39.2 Å². The molecule has 0 aliphatic rings. The number of fused-ring (bicyclic) bond motifs is 1. The summed E-state index contributed by atoms with van der Waals surface area (Å²) in [7, 11) is 0. The third kappa shape index (κ3) is 2.41. The Balaban J connectivity index is 2.69. The van der Waals surface area contributed by atoms with Crippen LogP contribution in [-0.2, 0) is 4.79 Å². The second-order valence-electron chi connectivity index (χ2n) is 4.09. The minimum atomic E-state index is -1.16. The summed E-state index contributed by atoms with van der Waals surface area (Å²) in [5.41, 5.74) is -0.567. The summed E-state index contributed by atoms with van der Waals surface area (Å²) >= 11 is 0. The molecule has 0 saturated carbocycles. The lowest BCUT2D eigenvalue weighted by Crippen LogP contribution is -2.07. The summed E-state index contributed by atoms with van der Waals surface area (Å²) < 4.78 is 5.18. The van der Waals surface area contributed by atoms with Gasteiger partial charge in [0, 0.05) is 17.7 Å². The monoisotopic (exact) mass is 275 g/mol. The van der Waals surface area contributed by atoms with Crippen molar-refractivity contribution >= 4 is 28.7 Å². The molecule has 0 unspecified atom stereocenters. The van der Waals surface area contributed by atoms with E-state index in [2.05, 4.69) is 0 Å². The number of carboxylic acid groups (broad SMARTS) is 1. The molecule has 0 bridgehead atoms. The highest BCUT2D eigenvalue weighted by Crippen LogP contribution is 2.19. The largest absolute Gasteiger partial charge is 0.478 e. The Bertz CT molecular complexity index is 802. The van der Waals surface area contributed by atoms with E-state index in [0.29, 0.717) is 0 Å². The van der Waals surface area contributed by atoms with Gasteiger partial charge in [-0.1, -0.05) is 0 Å². The minimum absolute atomic E-state index is 0.0258. The number of hydrogen-bond donors (Lipinski definition) is 1. The molecule has 7 heteroatoms. The number of nitrogens with zero attached hydrogens (tertiary/aromatic N) is 1. The van der Waals surface area contributed by atoms with Gasteiger partial charge in [-0.2, -0.15) is 0 Å². The summed E-state index contributed by atoms with van der Waals surface area (Å²) in [5, 5.41) is 19.5. The Labute approximate surface area is 111 Å². The van der Waals surface area contributed by atoms with Crippen LogP contribution in [0, 0.1) is 10.1 Å². The molecule has 0 radical (unpaired) electrons. The zero-order chi connectivity index (χ0) is 14.9. The van der Waals surface area contributed by atoms with Crippen molar-refractivity contribution in [1.82, 2.24) is 0 Å². The number of nitro groups is 1. The van der Waals surface area contributed by atoms with Crippen LogP contribution in [0.4, 0.5) is 5.69 Å². The number of aliphatic carboxylic acids is 1. The molecule has 7 nitrogen and oxygen atoms in total. The molecule has 1 N–H and O–H groups in total. The molecule has 0 atom stereocenters. The van der Waals surface area contributed by atoms with Crippen LogP contribution in [0.1, 0.15) is 12.5 Å². The van der Waals surface area contributed by atoms with E-state index < -0.39 is 16.3 Å². The molecule has 2 rings (SSSR count). The highest BCUT2D eigenvalue weighted by atomic mass is 16.6. The van der Waals surface area contributed by atoms with Crippen molar-refractivity contribution in [2.45, 2.75) is 6.92 Å². The predicted molar refractivity (Wildman–Crippen MR) is 70.4 cm³/mol. The third-order valence-electron chi connectivity index (χ3n) is 2.70. The third-order valence-corrected chi connectivity index (χ3v) is 2.70. The topological polar surface area (TPSA) is 111 Å². The van der Waals surface area contributed by atoms with E-state index in [9.17, 15) is 19.7 Å². The lowest BCUT2D eigenvalue weighted by atomic mass is 10.1. The average molecular weight is 275 g/mol. The molecular formula is C13H9NO6. The van der Waals surface area contributed by atoms with E-state index in [1.165, 1.54) is 19.1 Å². The SMILES string of the molecule is C/C(=C\c1coc2ccc([N+](=O)[O-])cc2c1=O)C(=O)O. The fourth-order valence-electron chi connectivity index (χ4n) is 1.64. The van der Waals surface area contributed by atoms with E-state index in [4.69, 9.17) is 9.52 Å². The average Bonchev–Trinajstić information content (AvgIpc) is 2.41. The zero-order valence-corrected chi connectivity index (χ0v) is 10.3. The van der Waals surface area contributed by atoms with E-state index in [0.717, 1.165) is 18.4 Å². The number of carbonyl (C=O) groups is 1. The van der Waals surface area contributed by atoms with Gasteiger partial charge in [-0.05, 0) is 19.1 Å². The highest BCUT2D eigenvalue weighted by molar-refractivity contribution is 5.92. The van der Waals surface area contributed by atoms with Crippen LogP contribution >= 0.6 is 0 Å². The fraction of sp³-hybridized carbons (Fsp3) is 0.0769. The van der Waals surface area contributed by atoms with Gasteiger partial charge in [-0.15, -0.1) is 0 Å². The van der Waals surface area contributed by atoms with Crippen LogP contribution in [0.3, 0.4) is 0 Å². The van der Waals surface area contributed by atoms with Gasteiger partial charge in [0.1, 0.15) is 11.8 Å². The molecule has 0 spiro atoms. The van der Waals surface area contributed by atoms with Crippen molar-refractivity contribution in [3.8, 4) is 0 Å². The lowest BCUT2D eigenvalue weighted by molar-refractivity contribution is -0.384. The Morgan fingerprint density at radius 3 is 2.75 bits per heavy atom. The predicted octanol–water partition coefficient (Wildman–Crippen LogP) is 2.19. The van der Waals surface area contributed by atoms with Crippen LogP contribution < -0.4 is 5.43 Å². The van der Waals surface area contributed by atoms with E-state index in [1.54, 1.807) is 0 Å². The van der Waals surface area contributed by atoms with Gasteiger partial charge in [0.05, 0.1) is 15.9 Å². The Morgan fingerprint density at radius 2 is 2.15 bits per heavy atom. The number of non-ortho nitro benzene ring substituents is 1. The molecule has 0 saturated heterocycles. The summed E-state index contributed by atoms with van der Waals surface area (Å²) in [5.74, 6) is -1.16. The summed E-state index contributed by atoms with van der Waals surface area (Å²) in [4.78, 5) is 32.9. The smallest absolute Gasteiger partial charge is 0.331 e. The van der Waals surface area contributed by atoms with Crippen LogP contribution in [-0.4, -0.2) is 16.0 Å². The molecule has 1 aromatic heterocycles. The first kappa shape index (κ1) is 13.5. The van der Waals surface area contributed by atoms with Crippen molar-refractivity contribution < 1.29 is 19.2 Å². The van der Waals surface area contributed by atoms with Crippen LogP contribution in [0.25, 0.3) is 17.0 Å². The van der Waals surface area contributed by atoms with Crippen molar-refractivity contribution in [2.75, 3.05) is 0 Å². The molecule has 0 aliphatic carbocycles. The number of carboxylic acids is 1. The first-order valence-electron chi connectivity index (χ1n) is 5.51. The van der Waals surface area contributed by atoms with Gasteiger partial charge < -0.3 is 9.52 Å². The minimum Gasteiger partial charge on any atom is -0.478 e. The normalized spacial score (nSPS) is 11.6. The fourth-order valence-corrected chi connectivity index (χ4v) is 1.64. The molecule has 0 fully saturated rings. The number of nitro benzene ring substituents is 1. The first-order chi connectivity index (χ1) is 9.40. The summed E-state index contributed by atoms with van der Waals surface area (Å²) in [6.07, 6.45) is 2.29. The summed E-state index contributed by atoms with van der Waals surface area (Å²) in [6.45, 7) is 1.33. The molecular weight excluding hydrogens is 266 g/mol. The Kier molecular flexibility index (Phi) is 3.34. The van der Waals surface area contributed by atoms with Gasteiger partial charge in [0.2, 0.25) is 0 Å². The molecule has 1 heterocycles. The van der Waals surface area contributed by atoms with Crippen LogP contribution in [0.2, 0.25) is 0 Å². The Morgan fingerprint density at radius 1 is 1.45 bits per heavy atom. The first-order valence-corrected chi connectivity index (χ1v) is 5.51. The number of rotatable bonds is 3. The van der Waals surface area contributed by atoms with Gasteiger partial charge in [-0.3, -0.25) is 14.9 Å². The maximum Gasteiger partial charge on any atom is 0.331 e. The van der Waals surface area contributed by atoms with Crippen molar-refractivity contribution in [1.29, 1.82) is 0 Å². The van der Waals surface area contributed by atoms with Gasteiger partial charge in [0.25, 0.3) is 5.69 Å². The highest BCUT2D eigenvalue weighted by Gasteiger charge is 2.12. The molecule has 0 amide bonds. The molecule has 0 aliphatic heterocycles. The second kappa shape index (κ2) is 4.96. The zero-order valence-electron chi connectivity index (χ0n) is 10.3. The van der Waals surface area contributed by atoms with Gasteiger partial charge in [-0.25, -0.2) is 4.79 Å².